The molecule has 0 fully saturated rings. The molecule has 0 saturated heterocycles. The number of pyridine rings is 1. The fourth-order valence-corrected chi connectivity index (χ4v) is 2.26. The van der Waals surface area contributed by atoms with Gasteiger partial charge in [0.25, 0.3) is 5.91 Å². The zero-order valence-electron chi connectivity index (χ0n) is 12.2. The Labute approximate surface area is 128 Å². The van der Waals surface area contributed by atoms with Crippen molar-refractivity contribution >= 4 is 23.0 Å². The minimum Gasteiger partial charge on any atom is -0.267 e. The summed E-state index contributed by atoms with van der Waals surface area (Å²) in [6, 6.07) is 19.0. The monoisotopic (exact) mass is 289 g/mol. The molecule has 0 aliphatic heterocycles. The summed E-state index contributed by atoms with van der Waals surface area (Å²) in [5.41, 5.74) is 5.68. The maximum atomic E-state index is 12.3. The Balaban J connectivity index is 1.85. The van der Waals surface area contributed by atoms with Crippen LogP contribution >= 0.6 is 0 Å². The van der Waals surface area contributed by atoms with Gasteiger partial charge in [-0.2, -0.15) is 5.10 Å². The molecule has 0 bridgehead atoms. The number of hydrazone groups is 1. The van der Waals surface area contributed by atoms with E-state index in [1.54, 1.807) is 12.3 Å². The van der Waals surface area contributed by atoms with E-state index in [2.05, 4.69) is 15.5 Å². The van der Waals surface area contributed by atoms with Crippen LogP contribution in [0.2, 0.25) is 0 Å². The molecule has 4 heteroatoms. The second-order valence-corrected chi connectivity index (χ2v) is 4.94. The lowest BCUT2D eigenvalue weighted by molar-refractivity contribution is 0.0956. The number of hydrogen-bond donors (Lipinski definition) is 1. The van der Waals surface area contributed by atoms with Crippen molar-refractivity contribution in [1.29, 1.82) is 0 Å². The van der Waals surface area contributed by atoms with Crippen molar-refractivity contribution in [1.82, 2.24) is 10.4 Å². The van der Waals surface area contributed by atoms with Crippen LogP contribution in [0.3, 0.4) is 0 Å². The van der Waals surface area contributed by atoms with E-state index in [1.807, 2.05) is 61.5 Å². The van der Waals surface area contributed by atoms with Crippen LogP contribution < -0.4 is 5.43 Å². The van der Waals surface area contributed by atoms with Gasteiger partial charge in [-0.1, -0.05) is 48.5 Å². The second kappa shape index (κ2) is 6.18. The number of nitrogens with one attached hydrogen (secondary N) is 1. The van der Waals surface area contributed by atoms with Crippen molar-refractivity contribution in [3.63, 3.8) is 0 Å². The molecule has 0 radical (unpaired) electrons. The Morgan fingerprint density at radius 1 is 1.09 bits per heavy atom. The molecular weight excluding hydrogens is 274 g/mol. The predicted octanol–water partition coefficient (Wildman–Crippen LogP) is 3.31. The molecule has 3 aromatic rings. The first kappa shape index (κ1) is 13.9. The molecule has 1 N–H and O–H groups in total. The molecule has 0 aliphatic carbocycles. The number of rotatable bonds is 3. The molecule has 1 amide bonds. The highest BCUT2D eigenvalue weighted by Crippen LogP contribution is 2.18. The number of carbonyl (C=O) groups excluding carboxylic acids is 1. The second-order valence-electron chi connectivity index (χ2n) is 4.94. The number of aromatic nitrogens is 1. The molecule has 22 heavy (non-hydrogen) atoms. The number of carbonyl (C=O) groups is 1. The van der Waals surface area contributed by atoms with E-state index in [1.165, 1.54) is 0 Å². The first-order valence-electron chi connectivity index (χ1n) is 6.99. The third kappa shape index (κ3) is 3.01. The third-order valence-corrected chi connectivity index (χ3v) is 3.27. The molecule has 0 aliphatic rings. The molecule has 0 spiro atoms. The van der Waals surface area contributed by atoms with Gasteiger partial charge in [-0.25, -0.2) is 5.43 Å². The Morgan fingerprint density at radius 2 is 1.82 bits per heavy atom. The number of nitrogens with zero attached hydrogens (tertiary/aromatic N) is 2. The summed E-state index contributed by atoms with van der Waals surface area (Å²) in [5, 5.41) is 4.83. The van der Waals surface area contributed by atoms with Crippen molar-refractivity contribution in [2.24, 2.45) is 5.10 Å². The predicted molar refractivity (Wildman–Crippen MR) is 88.0 cm³/mol. The van der Waals surface area contributed by atoms with Crippen LogP contribution in [0.5, 0.6) is 0 Å². The first-order valence-corrected chi connectivity index (χ1v) is 6.99. The molecule has 3 rings (SSSR count). The Bertz CT molecular complexity index is 841. The van der Waals surface area contributed by atoms with E-state index in [-0.39, 0.29) is 5.91 Å². The van der Waals surface area contributed by atoms with Gasteiger partial charge in [0.2, 0.25) is 0 Å². The number of hydrogen-bond acceptors (Lipinski definition) is 3. The van der Waals surface area contributed by atoms with Crippen LogP contribution in [0.4, 0.5) is 0 Å². The number of fused-ring (bicyclic) bond motifs is 1. The van der Waals surface area contributed by atoms with Gasteiger partial charge in [0, 0.05) is 11.1 Å². The summed E-state index contributed by atoms with van der Waals surface area (Å²) in [6.07, 6.45) is 1.62. The van der Waals surface area contributed by atoms with Gasteiger partial charge in [0.15, 0.2) is 0 Å². The van der Waals surface area contributed by atoms with Crippen molar-refractivity contribution in [3.8, 4) is 0 Å². The highest BCUT2D eigenvalue weighted by atomic mass is 16.2. The molecule has 0 unspecified atom stereocenters. The summed E-state index contributed by atoms with van der Waals surface area (Å²) in [7, 11) is 0. The highest BCUT2D eigenvalue weighted by molar-refractivity contribution is 6.06. The van der Waals surface area contributed by atoms with Gasteiger partial charge in [-0.3, -0.25) is 9.78 Å². The lowest BCUT2D eigenvalue weighted by atomic mass is 10.1. The highest BCUT2D eigenvalue weighted by Gasteiger charge is 2.10. The molecule has 2 aromatic carbocycles. The molecule has 1 aromatic heterocycles. The summed E-state index contributed by atoms with van der Waals surface area (Å²) in [4.78, 5) is 16.8. The standard InChI is InChI=1S/C18H15N3O/c1-13-11-16(15-9-5-6-10-17(15)20-13)18(22)21-19-12-14-7-3-2-4-8-14/h2-12H,1H3,(H,21,22). The van der Waals surface area contributed by atoms with E-state index < -0.39 is 0 Å². The fourth-order valence-electron chi connectivity index (χ4n) is 2.26. The maximum Gasteiger partial charge on any atom is 0.272 e. The topological polar surface area (TPSA) is 54.4 Å². The lowest BCUT2D eigenvalue weighted by Crippen LogP contribution is -2.18. The molecular formula is C18H15N3O. The SMILES string of the molecule is Cc1cc(C(=O)NN=Cc2ccccc2)c2ccccc2n1. The van der Waals surface area contributed by atoms with Gasteiger partial charge in [0.1, 0.15) is 0 Å². The number of para-hydroxylation sites is 1. The number of amides is 1. The van der Waals surface area contributed by atoms with Gasteiger partial charge < -0.3 is 0 Å². The third-order valence-electron chi connectivity index (χ3n) is 3.27. The normalized spacial score (nSPS) is 11.0. The van der Waals surface area contributed by atoms with Gasteiger partial charge in [-0.15, -0.1) is 0 Å². The van der Waals surface area contributed by atoms with E-state index >= 15 is 0 Å². The van der Waals surface area contributed by atoms with Crippen molar-refractivity contribution in [2.75, 3.05) is 0 Å². The quantitative estimate of drug-likeness (QED) is 0.594. The summed E-state index contributed by atoms with van der Waals surface area (Å²) >= 11 is 0. The van der Waals surface area contributed by atoms with E-state index in [9.17, 15) is 4.79 Å². The van der Waals surface area contributed by atoms with Crippen LogP contribution in [0.1, 0.15) is 21.6 Å². The van der Waals surface area contributed by atoms with Gasteiger partial charge >= 0.3 is 0 Å². The van der Waals surface area contributed by atoms with Crippen molar-refractivity contribution in [2.45, 2.75) is 6.92 Å². The Morgan fingerprint density at radius 3 is 2.64 bits per heavy atom. The lowest BCUT2D eigenvalue weighted by Gasteiger charge is -2.06. The average molecular weight is 289 g/mol. The van der Waals surface area contributed by atoms with Gasteiger partial charge in [0.05, 0.1) is 17.3 Å². The molecule has 0 atom stereocenters. The van der Waals surface area contributed by atoms with Crippen LogP contribution in [-0.2, 0) is 0 Å². The molecule has 0 saturated carbocycles. The smallest absolute Gasteiger partial charge is 0.267 e. The summed E-state index contributed by atoms with van der Waals surface area (Å²) < 4.78 is 0. The Hall–Kier alpha value is -3.01. The zero-order chi connectivity index (χ0) is 15.4. The minimum atomic E-state index is -0.242. The molecule has 1 heterocycles. The van der Waals surface area contributed by atoms with Crippen LogP contribution in [0, 0.1) is 6.92 Å². The summed E-state index contributed by atoms with van der Waals surface area (Å²) in [5.74, 6) is -0.242. The minimum absolute atomic E-state index is 0.242. The molecule has 4 nitrogen and oxygen atoms in total. The van der Waals surface area contributed by atoms with Gasteiger partial charge in [-0.05, 0) is 24.6 Å². The fraction of sp³-hybridized carbons (Fsp3) is 0.0556. The first-order chi connectivity index (χ1) is 10.7. The van der Waals surface area contributed by atoms with E-state index in [4.69, 9.17) is 0 Å². The summed E-state index contributed by atoms with van der Waals surface area (Å²) in [6.45, 7) is 1.87. The van der Waals surface area contributed by atoms with Crippen molar-refractivity contribution < 1.29 is 4.79 Å². The maximum absolute atomic E-state index is 12.3. The van der Waals surface area contributed by atoms with E-state index in [0.29, 0.717) is 5.56 Å². The number of aryl methyl sites for hydroxylation is 1. The van der Waals surface area contributed by atoms with Crippen molar-refractivity contribution in [3.05, 3.63) is 77.5 Å². The largest absolute Gasteiger partial charge is 0.272 e. The Kier molecular flexibility index (Phi) is 3.92. The average Bonchev–Trinajstić information content (AvgIpc) is 2.55. The van der Waals surface area contributed by atoms with Crippen LogP contribution in [0.15, 0.2) is 65.8 Å². The number of benzene rings is 2. The van der Waals surface area contributed by atoms with E-state index in [0.717, 1.165) is 22.2 Å². The van der Waals surface area contributed by atoms with Crippen LogP contribution in [-0.4, -0.2) is 17.1 Å². The molecule has 108 valence electrons. The zero-order valence-corrected chi connectivity index (χ0v) is 12.2. The van der Waals surface area contributed by atoms with Crippen LogP contribution in [0.25, 0.3) is 10.9 Å².